The Balaban J connectivity index is 1.66. The highest BCUT2D eigenvalue weighted by molar-refractivity contribution is 5.33. The molecular weight excluding hydrogens is 266 g/mol. The zero-order valence-corrected chi connectivity index (χ0v) is 11.3. The van der Waals surface area contributed by atoms with Gasteiger partial charge in [0, 0.05) is 0 Å². The Morgan fingerprint density at radius 1 is 1.00 bits per heavy atom. The van der Waals surface area contributed by atoms with Crippen molar-refractivity contribution >= 4 is 0 Å². The second-order valence-electron chi connectivity index (χ2n) is 4.62. The van der Waals surface area contributed by atoms with Crippen LogP contribution in [0.1, 0.15) is 11.7 Å². The smallest absolute Gasteiger partial charge is 0.137 e. The first-order chi connectivity index (χ1) is 10.3. The lowest BCUT2D eigenvalue weighted by molar-refractivity contribution is 0.151. The molecular formula is C16H15N3O2. The molecule has 1 aromatic heterocycles. The lowest BCUT2D eigenvalue weighted by Gasteiger charge is -2.12. The Bertz CT molecular complexity index is 667. The van der Waals surface area contributed by atoms with Gasteiger partial charge in [0.2, 0.25) is 0 Å². The summed E-state index contributed by atoms with van der Waals surface area (Å²) in [5, 5.41) is 14.1. The zero-order chi connectivity index (χ0) is 14.5. The third-order valence-electron chi connectivity index (χ3n) is 3.07. The first-order valence-corrected chi connectivity index (χ1v) is 6.64. The molecule has 0 aliphatic rings. The number of aromatic nitrogens is 3. The van der Waals surface area contributed by atoms with Crippen LogP contribution >= 0.6 is 0 Å². The maximum Gasteiger partial charge on any atom is 0.137 e. The van der Waals surface area contributed by atoms with Crippen molar-refractivity contribution in [1.82, 2.24) is 14.8 Å². The van der Waals surface area contributed by atoms with Crippen LogP contribution in [0, 0.1) is 0 Å². The Morgan fingerprint density at radius 2 is 1.71 bits per heavy atom. The summed E-state index contributed by atoms with van der Waals surface area (Å²) < 4.78 is 7.31. The van der Waals surface area contributed by atoms with Gasteiger partial charge < -0.3 is 9.84 Å². The Hall–Kier alpha value is -2.66. The molecule has 106 valence electrons. The monoisotopic (exact) mass is 281 g/mol. The minimum absolute atomic E-state index is 0.374. The normalized spacial score (nSPS) is 12.0. The number of aliphatic hydroxyl groups excluding tert-OH is 1. The fourth-order valence-corrected chi connectivity index (χ4v) is 1.99. The minimum atomic E-state index is -0.627. The van der Waals surface area contributed by atoms with Crippen LogP contribution in [-0.2, 0) is 6.54 Å². The molecule has 21 heavy (non-hydrogen) atoms. The first kappa shape index (κ1) is 13.3. The molecule has 3 rings (SSSR count). The van der Waals surface area contributed by atoms with E-state index in [0.29, 0.717) is 6.54 Å². The van der Waals surface area contributed by atoms with Crippen molar-refractivity contribution in [3.8, 4) is 11.5 Å². The van der Waals surface area contributed by atoms with Gasteiger partial charge in [-0.1, -0.05) is 30.3 Å². The SMILES string of the molecule is OC(Cn1cncn1)c1ccc(Oc2ccccc2)cc1. The summed E-state index contributed by atoms with van der Waals surface area (Å²) in [7, 11) is 0. The van der Waals surface area contributed by atoms with E-state index in [2.05, 4.69) is 10.1 Å². The number of aliphatic hydroxyl groups is 1. The predicted octanol–water partition coefficient (Wildman–Crippen LogP) is 2.80. The third-order valence-corrected chi connectivity index (χ3v) is 3.07. The van der Waals surface area contributed by atoms with E-state index in [-0.39, 0.29) is 0 Å². The molecule has 0 amide bonds. The number of hydrogen-bond donors (Lipinski definition) is 1. The van der Waals surface area contributed by atoms with Gasteiger partial charge in [0.1, 0.15) is 24.2 Å². The van der Waals surface area contributed by atoms with E-state index in [1.165, 1.54) is 6.33 Å². The minimum Gasteiger partial charge on any atom is -0.457 e. The molecule has 3 aromatic rings. The number of hydrogen-bond acceptors (Lipinski definition) is 4. The van der Waals surface area contributed by atoms with Gasteiger partial charge in [-0.3, -0.25) is 4.68 Å². The van der Waals surface area contributed by atoms with E-state index in [1.807, 2.05) is 54.6 Å². The summed E-state index contributed by atoms with van der Waals surface area (Å²) in [4.78, 5) is 3.85. The number of benzene rings is 2. The molecule has 0 spiro atoms. The van der Waals surface area contributed by atoms with Crippen molar-refractivity contribution in [2.24, 2.45) is 0 Å². The van der Waals surface area contributed by atoms with Gasteiger partial charge in [-0.25, -0.2) is 4.98 Å². The van der Waals surface area contributed by atoms with Crippen LogP contribution in [0.4, 0.5) is 0 Å². The molecule has 0 aliphatic carbocycles. The van der Waals surface area contributed by atoms with Crippen molar-refractivity contribution in [3.63, 3.8) is 0 Å². The highest BCUT2D eigenvalue weighted by Gasteiger charge is 2.09. The summed E-state index contributed by atoms with van der Waals surface area (Å²) in [5.74, 6) is 1.52. The van der Waals surface area contributed by atoms with Crippen LogP contribution in [0.5, 0.6) is 11.5 Å². The molecule has 5 heteroatoms. The zero-order valence-electron chi connectivity index (χ0n) is 11.3. The summed E-state index contributed by atoms with van der Waals surface area (Å²) in [6.45, 7) is 0.374. The van der Waals surface area contributed by atoms with Crippen molar-refractivity contribution in [2.45, 2.75) is 12.6 Å². The standard InChI is InChI=1S/C16H15N3O2/c20-16(10-19-12-17-11-18-19)13-6-8-15(9-7-13)21-14-4-2-1-3-5-14/h1-9,11-12,16,20H,10H2. The lowest BCUT2D eigenvalue weighted by atomic mass is 10.1. The Labute approximate surface area is 122 Å². The average molecular weight is 281 g/mol. The molecule has 0 bridgehead atoms. The number of para-hydroxylation sites is 1. The van der Waals surface area contributed by atoms with E-state index in [1.54, 1.807) is 11.0 Å². The molecule has 1 atom stereocenters. The van der Waals surface area contributed by atoms with E-state index in [4.69, 9.17) is 4.74 Å². The average Bonchev–Trinajstić information content (AvgIpc) is 3.02. The summed E-state index contributed by atoms with van der Waals surface area (Å²) >= 11 is 0. The van der Waals surface area contributed by atoms with Crippen molar-refractivity contribution in [3.05, 3.63) is 72.8 Å². The second-order valence-corrected chi connectivity index (χ2v) is 4.62. The van der Waals surface area contributed by atoms with Crippen molar-refractivity contribution in [2.75, 3.05) is 0 Å². The maximum atomic E-state index is 10.1. The van der Waals surface area contributed by atoms with Gasteiger partial charge in [-0.2, -0.15) is 5.10 Å². The molecule has 1 unspecified atom stereocenters. The molecule has 5 nitrogen and oxygen atoms in total. The van der Waals surface area contributed by atoms with Gasteiger partial charge in [0.25, 0.3) is 0 Å². The van der Waals surface area contributed by atoms with Crippen LogP contribution in [0.25, 0.3) is 0 Å². The van der Waals surface area contributed by atoms with Gasteiger partial charge in [0.05, 0.1) is 12.6 Å². The quantitative estimate of drug-likeness (QED) is 0.781. The molecule has 0 saturated heterocycles. The van der Waals surface area contributed by atoms with E-state index < -0.39 is 6.10 Å². The van der Waals surface area contributed by atoms with Crippen LogP contribution < -0.4 is 4.74 Å². The largest absolute Gasteiger partial charge is 0.457 e. The molecule has 1 heterocycles. The number of ether oxygens (including phenoxy) is 1. The van der Waals surface area contributed by atoms with E-state index in [9.17, 15) is 5.11 Å². The number of nitrogens with zero attached hydrogens (tertiary/aromatic N) is 3. The van der Waals surface area contributed by atoms with Gasteiger partial charge in [-0.15, -0.1) is 0 Å². The first-order valence-electron chi connectivity index (χ1n) is 6.64. The Morgan fingerprint density at radius 3 is 2.38 bits per heavy atom. The summed E-state index contributed by atoms with van der Waals surface area (Å²) in [6.07, 6.45) is 2.40. The van der Waals surface area contributed by atoms with Crippen molar-refractivity contribution in [1.29, 1.82) is 0 Å². The molecule has 0 aliphatic heterocycles. The maximum absolute atomic E-state index is 10.1. The van der Waals surface area contributed by atoms with Crippen LogP contribution in [0.3, 0.4) is 0 Å². The van der Waals surface area contributed by atoms with Crippen molar-refractivity contribution < 1.29 is 9.84 Å². The lowest BCUT2D eigenvalue weighted by Crippen LogP contribution is -2.08. The summed E-state index contributed by atoms with van der Waals surface area (Å²) in [6, 6.07) is 17.0. The molecule has 2 aromatic carbocycles. The highest BCUT2D eigenvalue weighted by Crippen LogP contribution is 2.23. The fourth-order valence-electron chi connectivity index (χ4n) is 1.99. The number of rotatable bonds is 5. The molecule has 0 fully saturated rings. The van der Waals surface area contributed by atoms with Crippen LogP contribution in [0.2, 0.25) is 0 Å². The van der Waals surface area contributed by atoms with Crippen LogP contribution in [0.15, 0.2) is 67.3 Å². The van der Waals surface area contributed by atoms with Gasteiger partial charge in [-0.05, 0) is 29.8 Å². The summed E-state index contributed by atoms with van der Waals surface area (Å²) in [5.41, 5.74) is 0.811. The Kier molecular flexibility index (Phi) is 3.93. The topological polar surface area (TPSA) is 60.2 Å². The molecule has 1 N–H and O–H groups in total. The predicted molar refractivity (Wildman–Crippen MR) is 77.9 cm³/mol. The van der Waals surface area contributed by atoms with E-state index >= 15 is 0 Å². The molecule has 0 radical (unpaired) electrons. The molecule has 0 saturated carbocycles. The van der Waals surface area contributed by atoms with E-state index in [0.717, 1.165) is 17.1 Å². The van der Waals surface area contributed by atoms with Gasteiger partial charge >= 0.3 is 0 Å². The van der Waals surface area contributed by atoms with Gasteiger partial charge in [0.15, 0.2) is 0 Å². The fraction of sp³-hybridized carbons (Fsp3) is 0.125. The highest BCUT2D eigenvalue weighted by atomic mass is 16.5. The third kappa shape index (κ3) is 3.46. The van der Waals surface area contributed by atoms with Crippen LogP contribution in [-0.4, -0.2) is 19.9 Å². The second kappa shape index (κ2) is 6.19.